The van der Waals surface area contributed by atoms with Crippen LogP contribution in [0.5, 0.6) is 5.75 Å². The number of rotatable bonds is 5. The molecule has 33 heavy (non-hydrogen) atoms. The summed E-state index contributed by atoms with van der Waals surface area (Å²) in [5.41, 5.74) is 0.996. The third-order valence-corrected chi connectivity index (χ3v) is 10.4. The van der Waals surface area contributed by atoms with Crippen molar-refractivity contribution in [3.05, 3.63) is 44.4 Å². The van der Waals surface area contributed by atoms with Crippen LogP contribution in [0.15, 0.2) is 34.1 Å². The number of carbonyl (C=O) groups excluding carboxylic acids is 2. The lowest BCUT2D eigenvalue weighted by Gasteiger charge is -2.43. The maximum atomic E-state index is 13.3. The molecule has 6 rings (SSSR count). The number of carboxylic acid groups (broad SMARTS) is 1. The van der Waals surface area contributed by atoms with Crippen LogP contribution in [0, 0.1) is 29.6 Å². The molecule has 7 atom stereocenters. The molecule has 2 bridgehead atoms. The standard InChI is InChI=1S/C23H22N2O6S2/c1-31-12-5-3-2-4-9(12)14-15-10-8-11(18(15)32-20-19(14)33-23(30)24-20)17-16(10)21(28)25(22(17)29)7-6-13(26)27/h2-5,10-11,14-18H,6-8H2,1H3,(H,24,30)(H,26,27). The highest BCUT2D eigenvalue weighted by molar-refractivity contribution is 8.00. The zero-order valence-electron chi connectivity index (χ0n) is 17.7. The number of methoxy groups -OCH3 is 1. The van der Waals surface area contributed by atoms with E-state index in [-0.39, 0.29) is 58.6 Å². The van der Waals surface area contributed by atoms with Crippen LogP contribution in [0.4, 0.5) is 0 Å². The van der Waals surface area contributed by atoms with Crippen LogP contribution >= 0.6 is 23.1 Å². The van der Waals surface area contributed by atoms with Crippen molar-refractivity contribution in [3.8, 4) is 5.75 Å². The summed E-state index contributed by atoms with van der Waals surface area (Å²) >= 11 is 2.85. The fourth-order valence-electron chi connectivity index (χ4n) is 6.78. The molecule has 2 aliphatic carbocycles. The number of ether oxygens (including phenoxy) is 1. The minimum Gasteiger partial charge on any atom is -0.496 e. The second kappa shape index (κ2) is 7.46. The van der Waals surface area contributed by atoms with E-state index in [9.17, 15) is 19.2 Å². The lowest BCUT2D eigenvalue weighted by Crippen LogP contribution is -2.42. The van der Waals surface area contributed by atoms with Crippen molar-refractivity contribution < 1.29 is 24.2 Å². The van der Waals surface area contributed by atoms with Gasteiger partial charge >= 0.3 is 10.8 Å². The fraction of sp³-hybridized carbons (Fsp3) is 0.478. The van der Waals surface area contributed by atoms with E-state index in [1.54, 1.807) is 18.9 Å². The molecule has 0 spiro atoms. The fourth-order valence-corrected chi connectivity index (χ4v) is 9.66. The van der Waals surface area contributed by atoms with Crippen molar-refractivity contribution in [2.24, 2.45) is 29.6 Å². The summed E-state index contributed by atoms with van der Waals surface area (Å²) in [5, 5.41) is 10.0. The second-order valence-corrected chi connectivity index (χ2v) is 11.4. The summed E-state index contributed by atoms with van der Waals surface area (Å²) in [6, 6.07) is 7.80. The molecule has 4 aliphatic rings. The van der Waals surface area contributed by atoms with Gasteiger partial charge in [0.25, 0.3) is 0 Å². The summed E-state index contributed by atoms with van der Waals surface area (Å²) in [6.45, 7) is -0.0709. The molecule has 2 aliphatic heterocycles. The number of benzene rings is 1. The maximum absolute atomic E-state index is 13.3. The number of likely N-dealkylation sites (tertiary alicyclic amines) is 1. The first-order chi connectivity index (χ1) is 15.9. The van der Waals surface area contributed by atoms with Gasteiger partial charge in [0.05, 0.1) is 30.4 Å². The number of hydrogen-bond donors (Lipinski definition) is 2. The Labute approximate surface area is 197 Å². The number of hydrogen-bond acceptors (Lipinski definition) is 7. The number of aliphatic carboxylic acids is 1. The number of imide groups is 1. The molecule has 10 heteroatoms. The maximum Gasteiger partial charge on any atom is 0.305 e. The van der Waals surface area contributed by atoms with Gasteiger partial charge in [-0.1, -0.05) is 29.5 Å². The van der Waals surface area contributed by atoms with Crippen LogP contribution in [0.3, 0.4) is 0 Å². The van der Waals surface area contributed by atoms with Gasteiger partial charge in [-0.3, -0.25) is 24.1 Å². The predicted molar refractivity (Wildman–Crippen MR) is 120 cm³/mol. The smallest absolute Gasteiger partial charge is 0.305 e. The summed E-state index contributed by atoms with van der Waals surface area (Å²) in [5.74, 6) is -1.51. The number of aromatic amines is 1. The normalized spacial score (nSPS) is 33.7. The molecule has 8 nitrogen and oxygen atoms in total. The molecule has 1 saturated heterocycles. The molecule has 0 radical (unpaired) electrons. The van der Waals surface area contributed by atoms with Crippen LogP contribution in [-0.4, -0.2) is 51.7 Å². The first-order valence-electron chi connectivity index (χ1n) is 11.0. The number of carbonyl (C=O) groups is 3. The molecule has 3 fully saturated rings. The molecule has 2 N–H and O–H groups in total. The minimum atomic E-state index is -1.02. The van der Waals surface area contributed by atoms with E-state index in [0.29, 0.717) is 0 Å². The van der Waals surface area contributed by atoms with E-state index in [2.05, 4.69) is 4.98 Å². The van der Waals surface area contributed by atoms with E-state index in [0.717, 1.165) is 27.6 Å². The average Bonchev–Trinajstić information content (AvgIpc) is 3.51. The van der Waals surface area contributed by atoms with Crippen molar-refractivity contribution in [2.45, 2.75) is 29.0 Å². The Kier molecular flexibility index (Phi) is 4.74. The van der Waals surface area contributed by atoms with Gasteiger partial charge < -0.3 is 14.8 Å². The number of carboxylic acids is 1. The summed E-state index contributed by atoms with van der Waals surface area (Å²) in [6.07, 6.45) is 0.558. The average molecular weight is 487 g/mol. The molecule has 2 amide bonds. The van der Waals surface area contributed by atoms with Crippen LogP contribution in [0.25, 0.3) is 0 Å². The lowest BCUT2D eigenvalue weighted by atomic mass is 9.68. The highest BCUT2D eigenvalue weighted by atomic mass is 32.2. The lowest BCUT2D eigenvalue weighted by molar-refractivity contribution is -0.142. The zero-order valence-corrected chi connectivity index (χ0v) is 19.4. The Balaban J connectivity index is 1.43. The van der Waals surface area contributed by atoms with Crippen LogP contribution in [0.2, 0.25) is 0 Å². The SMILES string of the molecule is COc1ccccc1C1c2sc(=O)[nH]c2SC2C3CC(C4C(=O)N(CCC(=O)O)C(=O)C34)C12. The number of nitrogens with zero attached hydrogens (tertiary/aromatic N) is 1. The third kappa shape index (κ3) is 2.89. The number of amides is 2. The predicted octanol–water partition coefficient (Wildman–Crippen LogP) is 2.39. The van der Waals surface area contributed by atoms with Crippen molar-refractivity contribution in [2.75, 3.05) is 13.7 Å². The molecule has 1 aromatic heterocycles. The molecular weight excluding hydrogens is 464 g/mol. The van der Waals surface area contributed by atoms with E-state index in [1.165, 1.54) is 16.2 Å². The minimum absolute atomic E-state index is 0.00374. The summed E-state index contributed by atoms with van der Waals surface area (Å²) in [7, 11) is 1.63. The topological polar surface area (TPSA) is 117 Å². The van der Waals surface area contributed by atoms with Gasteiger partial charge in [0.1, 0.15) is 5.75 Å². The summed E-state index contributed by atoms with van der Waals surface area (Å²) < 4.78 is 5.67. The van der Waals surface area contributed by atoms with Crippen molar-refractivity contribution in [1.82, 2.24) is 9.88 Å². The molecular formula is C23H22N2O6S2. The number of H-pyrrole nitrogens is 1. The van der Waals surface area contributed by atoms with Gasteiger partial charge in [-0.15, -0.1) is 11.8 Å². The number of nitrogens with one attached hydrogen (secondary N) is 1. The molecule has 7 unspecified atom stereocenters. The number of thiazole rings is 1. The highest BCUT2D eigenvalue weighted by Crippen LogP contribution is 2.68. The Hall–Kier alpha value is -2.59. The van der Waals surface area contributed by atoms with Gasteiger partial charge in [0.2, 0.25) is 11.8 Å². The van der Waals surface area contributed by atoms with Gasteiger partial charge in [0.15, 0.2) is 0 Å². The molecule has 2 aromatic rings. The van der Waals surface area contributed by atoms with Crippen LogP contribution in [-0.2, 0) is 14.4 Å². The molecule has 2 saturated carbocycles. The second-order valence-electron chi connectivity index (χ2n) is 9.17. The Morgan fingerprint density at radius 3 is 2.64 bits per heavy atom. The van der Waals surface area contributed by atoms with Crippen LogP contribution in [0.1, 0.15) is 29.2 Å². The number of fused-ring (bicyclic) bond motifs is 9. The van der Waals surface area contributed by atoms with Gasteiger partial charge in [-0.25, -0.2) is 0 Å². The monoisotopic (exact) mass is 486 g/mol. The first kappa shape index (κ1) is 21.0. The Morgan fingerprint density at radius 2 is 1.91 bits per heavy atom. The van der Waals surface area contributed by atoms with Gasteiger partial charge in [-0.05, 0) is 30.2 Å². The first-order valence-corrected chi connectivity index (χ1v) is 12.7. The highest BCUT2D eigenvalue weighted by Gasteiger charge is 2.69. The van der Waals surface area contributed by atoms with E-state index >= 15 is 0 Å². The quantitative estimate of drug-likeness (QED) is 0.623. The number of aromatic nitrogens is 1. The van der Waals surface area contributed by atoms with Gasteiger partial charge in [-0.2, -0.15) is 0 Å². The summed E-state index contributed by atoms with van der Waals surface area (Å²) in [4.78, 5) is 54.9. The Morgan fingerprint density at radius 1 is 1.18 bits per heavy atom. The van der Waals surface area contributed by atoms with Crippen molar-refractivity contribution >= 4 is 40.9 Å². The van der Waals surface area contributed by atoms with E-state index < -0.39 is 17.8 Å². The van der Waals surface area contributed by atoms with E-state index in [4.69, 9.17) is 9.84 Å². The van der Waals surface area contributed by atoms with Crippen molar-refractivity contribution in [1.29, 1.82) is 0 Å². The van der Waals surface area contributed by atoms with Crippen molar-refractivity contribution in [3.63, 3.8) is 0 Å². The zero-order chi connectivity index (χ0) is 23.0. The molecule has 3 heterocycles. The van der Waals surface area contributed by atoms with E-state index in [1.807, 2.05) is 24.3 Å². The molecule has 172 valence electrons. The third-order valence-electron chi connectivity index (χ3n) is 7.84. The van der Waals surface area contributed by atoms with Crippen LogP contribution < -0.4 is 9.61 Å². The van der Waals surface area contributed by atoms with Gasteiger partial charge in [0, 0.05) is 28.2 Å². The Bertz CT molecular complexity index is 1240. The number of para-hydroxylation sites is 1. The largest absolute Gasteiger partial charge is 0.496 e. The number of thioether (sulfide) groups is 1. The molecule has 1 aromatic carbocycles.